The number of aromatic nitrogens is 1. The largest absolute Gasteiger partial charge is 0.452 e. The number of aromatic amines is 1. The highest BCUT2D eigenvalue weighted by Gasteiger charge is 2.21. The number of halogens is 1. The van der Waals surface area contributed by atoms with Gasteiger partial charge in [-0.1, -0.05) is 11.6 Å². The van der Waals surface area contributed by atoms with Crippen molar-refractivity contribution in [2.75, 3.05) is 0 Å². The van der Waals surface area contributed by atoms with E-state index in [1.54, 1.807) is 30.3 Å². The van der Waals surface area contributed by atoms with E-state index in [2.05, 4.69) is 4.98 Å². The zero-order valence-corrected chi connectivity index (χ0v) is 14.4. The Kier molecular flexibility index (Phi) is 3.51. The Hall–Kier alpha value is -2.85. The Labute approximate surface area is 148 Å². The van der Waals surface area contributed by atoms with Crippen LogP contribution in [0.4, 0.5) is 0 Å². The minimum absolute atomic E-state index is 0.177. The summed E-state index contributed by atoms with van der Waals surface area (Å²) in [6.07, 6.45) is 0. The van der Waals surface area contributed by atoms with Gasteiger partial charge in [-0.25, -0.2) is 0 Å². The summed E-state index contributed by atoms with van der Waals surface area (Å²) in [5.41, 5.74) is 3.18. The number of hydrogen-bond donors (Lipinski definition) is 1. The van der Waals surface area contributed by atoms with Crippen LogP contribution in [0, 0.1) is 13.8 Å². The van der Waals surface area contributed by atoms with Gasteiger partial charge in [0.15, 0.2) is 5.76 Å². The van der Waals surface area contributed by atoms with Crippen molar-refractivity contribution < 1.29 is 9.21 Å². The maximum atomic E-state index is 12.8. The van der Waals surface area contributed by atoms with Gasteiger partial charge in [0, 0.05) is 33.0 Å². The Morgan fingerprint density at radius 1 is 1.08 bits per heavy atom. The fourth-order valence-electron chi connectivity index (χ4n) is 3.18. The Morgan fingerprint density at radius 2 is 1.80 bits per heavy atom. The first kappa shape index (κ1) is 15.7. The minimum atomic E-state index is -0.214. The van der Waals surface area contributed by atoms with Crippen molar-refractivity contribution in [3.8, 4) is 0 Å². The van der Waals surface area contributed by atoms with Crippen LogP contribution in [-0.4, -0.2) is 10.8 Å². The lowest BCUT2D eigenvalue weighted by Gasteiger charge is -2.03. The smallest absolute Gasteiger partial charge is 0.248 e. The van der Waals surface area contributed by atoms with Crippen LogP contribution in [0.15, 0.2) is 51.7 Å². The molecule has 4 rings (SSSR count). The Bertz CT molecular complexity index is 1200. The molecule has 0 saturated heterocycles. The highest BCUT2D eigenvalue weighted by atomic mass is 35.5. The lowest BCUT2D eigenvalue weighted by molar-refractivity contribution is 0.101. The van der Waals surface area contributed by atoms with Gasteiger partial charge in [-0.15, -0.1) is 0 Å². The highest BCUT2D eigenvalue weighted by Crippen LogP contribution is 2.32. The number of fused-ring (bicyclic) bond motifs is 3. The quantitative estimate of drug-likeness (QED) is 0.529. The average molecular weight is 352 g/mol. The summed E-state index contributed by atoms with van der Waals surface area (Å²) >= 11 is 5.88. The van der Waals surface area contributed by atoms with Gasteiger partial charge in [0.2, 0.25) is 11.3 Å². The molecule has 2 aromatic carbocycles. The number of furan rings is 1. The van der Waals surface area contributed by atoms with Gasteiger partial charge in [0.1, 0.15) is 5.58 Å². The third-order valence-corrected chi connectivity index (χ3v) is 4.68. The second-order valence-corrected chi connectivity index (χ2v) is 6.51. The van der Waals surface area contributed by atoms with Gasteiger partial charge in [-0.3, -0.25) is 9.59 Å². The number of benzene rings is 2. The van der Waals surface area contributed by atoms with Crippen molar-refractivity contribution in [1.82, 2.24) is 4.98 Å². The van der Waals surface area contributed by atoms with Crippen molar-refractivity contribution in [2.45, 2.75) is 13.8 Å². The number of pyridine rings is 1. The number of carbonyl (C=O) groups is 1. The van der Waals surface area contributed by atoms with E-state index in [0.29, 0.717) is 27.2 Å². The molecule has 0 unspecified atom stereocenters. The number of nitrogens with one attached hydrogen (secondary N) is 1. The molecular formula is C20H14ClNO3. The Balaban J connectivity index is 1.99. The van der Waals surface area contributed by atoms with E-state index in [0.717, 1.165) is 16.3 Å². The fraction of sp³-hybridized carbons (Fsp3) is 0.100. The predicted molar refractivity (Wildman–Crippen MR) is 98.7 cm³/mol. The SMILES string of the molecule is Cc1cc(=O)[nH]c2c1ccc1oc(C(=O)c3ccc(Cl)cc3)c(C)c12. The molecule has 0 aliphatic rings. The van der Waals surface area contributed by atoms with E-state index in [4.69, 9.17) is 16.0 Å². The zero-order valence-electron chi connectivity index (χ0n) is 13.6. The molecule has 0 radical (unpaired) electrons. The van der Waals surface area contributed by atoms with Gasteiger partial charge in [0.25, 0.3) is 0 Å². The van der Waals surface area contributed by atoms with Crippen LogP contribution in [0.2, 0.25) is 5.02 Å². The molecule has 4 nitrogen and oxygen atoms in total. The van der Waals surface area contributed by atoms with E-state index in [1.165, 1.54) is 0 Å². The van der Waals surface area contributed by atoms with Gasteiger partial charge in [-0.2, -0.15) is 0 Å². The van der Waals surface area contributed by atoms with E-state index in [-0.39, 0.29) is 17.1 Å². The number of aryl methyl sites for hydroxylation is 2. The second-order valence-electron chi connectivity index (χ2n) is 6.07. The molecule has 124 valence electrons. The summed E-state index contributed by atoms with van der Waals surface area (Å²) in [7, 11) is 0. The fourth-order valence-corrected chi connectivity index (χ4v) is 3.31. The van der Waals surface area contributed by atoms with Crippen LogP contribution in [0.1, 0.15) is 27.2 Å². The molecule has 0 fully saturated rings. The standard InChI is InChI=1S/C20H14ClNO3/c1-10-9-16(23)22-18-14(10)7-8-15-17(18)11(2)20(25-15)19(24)12-3-5-13(21)6-4-12/h3-9H,1-2H3,(H,22,23). The van der Waals surface area contributed by atoms with Crippen molar-refractivity contribution in [3.63, 3.8) is 0 Å². The minimum Gasteiger partial charge on any atom is -0.452 e. The summed E-state index contributed by atoms with van der Waals surface area (Å²) < 4.78 is 5.83. The van der Waals surface area contributed by atoms with Crippen LogP contribution in [0.5, 0.6) is 0 Å². The van der Waals surface area contributed by atoms with Crippen molar-refractivity contribution in [2.24, 2.45) is 0 Å². The molecule has 0 amide bonds. The molecule has 0 bridgehead atoms. The van der Waals surface area contributed by atoms with Crippen molar-refractivity contribution in [1.29, 1.82) is 0 Å². The van der Waals surface area contributed by atoms with Gasteiger partial charge < -0.3 is 9.40 Å². The first-order valence-corrected chi connectivity index (χ1v) is 8.19. The van der Waals surface area contributed by atoms with E-state index in [1.807, 2.05) is 26.0 Å². The third kappa shape index (κ3) is 2.46. The first-order chi connectivity index (χ1) is 12.0. The molecule has 5 heteroatoms. The van der Waals surface area contributed by atoms with Crippen LogP contribution in [0.25, 0.3) is 21.9 Å². The molecule has 2 aromatic heterocycles. The summed E-state index contributed by atoms with van der Waals surface area (Å²) in [5.74, 6) is 0.0562. The van der Waals surface area contributed by atoms with Crippen LogP contribution in [0.3, 0.4) is 0 Å². The van der Waals surface area contributed by atoms with Gasteiger partial charge in [-0.05, 0) is 55.8 Å². The number of rotatable bonds is 2. The number of hydrogen-bond acceptors (Lipinski definition) is 3. The first-order valence-electron chi connectivity index (χ1n) is 7.81. The molecule has 0 atom stereocenters. The van der Waals surface area contributed by atoms with Crippen LogP contribution in [-0.2, 0) is 0 Å². The number of ketones is 1. The molecular weight excluding hydrogens is 338 g/mol. The molecule has 0 saturated carbocycles. The van der Waals surface area contributed by atoms with Gasteiger partial charge in [0.05, 0.1) is 5.52 Å². The number of carbonyl (C=O) groups excluding carboxylic acids is 1. The van der Waals surface area contributed by atoms with Crippen LogP contribution < -0.4 is 5.56 Å². The maximum Gasteiger partial charge on any atom is 0.248 e. The predicted octanol–water partition coefficient (Wildman–Crippen LogP) is 4.78. The summed E-state index contributed by atoms with van der Waals surface area (Å²) in [5, 5.41) is 2.26. The van der Waals surface area contributed by atoms with Gasteiger partial charge >= 0.3 is 0 Å². The van der Waals surface area contributed by atoms with Crippen molar-refractivity contribution >= 4 is 39.3 Å². The van der Waals surface area contributed by atoms with Crippen molar-refractivity contribution in [3.05, 3.63) is 80.3 Å². The van der Waals surface area contributed by atoms with Crippen LogP contribution >= 0.6 is 11.6 Å². The molecule has 0 aliphatic carbocycles. The highest BCUT2D eigenvalue weighted by molar-refractivity contribution is 6.30. The maximum absolute atomic E-state index is 12.8. The topological polar surface area (TPSA) is 63.1 Å². The number of H-pyrrole nitrogens is 1. The monoisotopic (exact) mass is 351 g/mol. The van der Waals surface area contributed by atoms with E-state index < -0.39 is 0 Å². The van der Waals surface area contributed by atoms with E-state index in [9.17, 15) is 9.59 Å². The molecule has 1 N–H and O–H groups in total. The molecule has 0 spiro atoms. The normalized spacial score (nSPS) is 11.3. The lowest BCUT2D eigenvalue weighted by atomic mass is 10.0. The molecule has 4 aromatic rings. The summed E-state index contributed by atoms with van der Waals surface area (Å²) in [6.45, 7) is 3.72. The molecule has 0 aliphatic heterocycles. The lowest BCUT2D eigenvalue weighted by Crippen LogP contribution is -2.05. The zero-order chi connectivity index (χ0) is 17.7. The third-order valence-electron chi connectivity index (χ3n) is 4.43. The van der Waals surface area contributed by atoms with E-state index >= 15 is 0 Å². The second kappa shape index (κ2) is 5.60. The summed E-state index contributed by atoms with van der Waals surface area (Å²) in [4.78, 5) is 27.6. The molecule has 2 heterocycles. The average Bonchev–Trinajstić information content (AvgIpc) is 2.92. The summed E-state index contributed by atoms with van der Waals surface area (Å²) in [6, 6.07) is 12.0. The molecule has 25 heavy (non-hydrogen) atoms. The Morgan fingerprint density at radius 3 is 2.52 bits per heavy atom.